The number of nitrogens with two attached hydrogens (primary N) is 1. The predicted molar refractivity (Wildman–Crippen MR) is 71.6 cm³/mol. The molecule has 0 aliphatic carbocycles. The number of nitrogens with zero attached hydrogens (tertiary/aromatic N) is 3. The van der Waals surface area contributed by atoms with Crippen molar-refractivity contribution in [3.05, 3.63) is 59.5 Å². The largest absolute Gasteiger partial charge is 0.416 e. The summed E-state index contributed by atoms with van der Waals surface area (Å²) in [5.41, 5.74) is 6.68. The lowest BCUT2D eigenvalue weighted by molar-refractivity contribution is -0.137. The van der Waals surface area contributed by atoms with Crippen molar-refractivity contribution in [2.45, 2.75) is 12.6 Å². The fourth-order valence-corrected chi connectivity index (χ4v) is 2.12. The van der Waals surface area contributed by atoms with Gasteiger partial charge in [0, 0.05) is 18.3 Å². The van der Waals surface area contributed by atoms with Crippen molar-refractivity contribution >= 4 is 11.3 Å². The molecule has 0 spiro atoms. The van der Waals surface area contributed by atoms with E-state index < -0.39 is 11.7 Å². The Kier molecular flexibility index (Phi) is 3.04. The van der Waals surface area contributed by atoms with Gasteiger partial charge in [0.1, 0.15) is 5.82 Å². The lowest BCUT2D eigenvalue weighted by Gasteiger charge is -2.08. The van der Waals surface area contributed by atoms with Gasteiger partial charge >= 0.3 is 6.18 Å². The van der Waals surface area contributed by atoms with Crippen molar-refractivity contribution in [1.82, 2.24) is 14.6 Å². The molecule has 0 atom stereocenters. The zero-order valence-corrected chi connectivity index (χ0v) is 10.8. The average Bonchev–Trinajstić information content (AvgIpc) is 2.81. The highest BCUT2D eigenvalue weighted by Gasteiger charge is 2.30. The predicted octanol–water partition coefficient (Wildman–Crippen LogP) is 2.92. The molecule has 108 valence electrons. The Labute approximate surface area is 118 Å². The summed E-state index contributed by atoms with van der Waals surface area (Å²) in [5.74, 6) is 0.539. The van der Waals surface area contributed by atoms with Crippen LogP contribution in [0.25, 0.3) is 5.65 Å². The van der Waals surface area contributed by atoms with Crippen molar-refractivity contribution in [2.75, 3.05) is 5.73 Å². The second-order valence-electron chi connectivity index (χ2n) is 4.68. The first-order valence-corrected chi connectivity index (χ1v) is 6.19. The van der Waals surface area contributed by atoms with Crippen LogP contribution in [0, 0.1) is 0 Å². The number of aromatic nitrogens is 3. The van der Waals surface area contributed by atoms with Gasteiger partial charge in [0.05, 0.1) is 5.56 Å². The zero-order chi connectivity index (χ0) is 15.0. The second-order valence-corrected chi connectivity index (χ2v) is 4.68. The van der Waals surface area contributed by atoms with Gasteiger partial charge < -0.3 is 5.73 Å². The summed E-state index contributed by atoms with van der Waals surface area (Å²) in [6.07, 6.45) is -2.46. The van der Waals surface area contributed by atoms with E-state index in [9.17, 15) is 13.2 Å². The lowest BCUT2D eigenvalue weighted by atomic mass is 10.1. The molecular weight excluding hydrogens is 281 g/mol. The van der Waals surface area contributed by atoms with E-state index in [1.807, 2.05) is 0 Å². The maximum absolute atomic E-state index is 12.7. The number of anilines is 1. The standard InChI is InChI=1S/C14H11F3N4/c15-14(16,17)10-3-1-2-9(6-10)7-13-20-19-12-5-4-11(18)8-21(12)13/h1-6,8H,7,18H2. The van der Waals surface area contributed by atoms with Crippen LogP contribution in [0.15, 0.2) is 42.6 Å². The molecule has 3 aromatic rings. The molecule has 21 heavy (non-hydrogen) atoms. The van der Waals surface area contributed by atoms with Crippen LogP contribution in [0.1, 0.15) is 17.0 Å². The Bertz CT molecular complexity index is 792. The normalized spacial score (nSPS) is 12.0. The average molecular weight is 292 g/mol. The molecule has 0 radical (unpaired) electrons. The molecule has 1 aromatic carbocycles. The quantitative estimate of drug-likeness (QED) is 0.790. The van der Waals surface area contributed by atoms with E-state index in [0.29, 0.717) is 22.7 Å². The highest BCUT2D eigenvalue weighted by atomic mass is 19.4. The van der Waals surface area contributed by atoms with Crippen molar-refractivity contribution in [3.8, 4) is 0 Å². The first-order chi connectivity index (χ1) is 9.93. The van der Waals surface area contributed by atoms with Gasteiger partial charge in [-0.05, 0) is 23.8 Å². The van der Waals surface area contributed by atoms with E-state index in [1.54, 1.807) is 28.8 Å². The molecule has 0 aliphatic heterocycles. The van der Waals surface area contributed by atoms with E-state index in [2.05, 4.69) is 10.2 Å². The number of fused-ring (bicyclic) bond motifs is 1. The zero-order valence-electron chi connectivity index (χ0n) is 10.8. The SMILES string of the molecule is Nc1ccc2nnc(Cc3cccc(C(F)(F)F)c3)n2c1. The fourth-order valence-electron chi connectivity index (χ4n) is 2.12. The minimum Gasteiger partial charge on any atom is -0.398 e. The van der Waals surface area contributed by atoms with Crippen LogP contribution in [-0.2, 0) is 12.6 Å². The van der Waals surface area contributed by atoms with E-state index in [1.165, 1.54) is 6.07 Å². The van der Waals surface area contributed by atoms with Crippen molar-refractivity contribution in [3.63, 3.8) is 0 Å². The molecule has 2 N–H and O–H groups in total. The smallest absolute Gasteiger partial charge is 0.398 e. The van der Waals surface area contributed by atoms with Crippen LogP contribution in [0.2, 0.25) is 0 Å². The molecule has 2 heterocycles. The molecule has 4 nitrogen and oxygen atoms in total. The number of nitrogen functional groups attached to an aromatic ring is 1. The Hall–Kier alpha value is -2.57. The number of halogens is 3. The minimum absolute atomic E-state index is 0.245. The van der Waals surface area contributed by atoms with Crippen LogP contribution < -0.4 is 5.73 Å². The third-order valence-corrected chi connectivity index (χ3v) is 3.11. The van der Waals surface area contributed by atoms with Gasteiger partial charge in [-0.3, -0.25) is 4.40 Å². The van der Waals surface area contributed by atoms with E-state index >= 15 is 0 Å². The Morgan fingerprint density at radius 3 is 2.67 bits per heavy atom. The monoisotopic (exact) mass is 292 g/mol. The topological polar surface area (TPSA) is 56.2 Å². The summed E-state index contributed by atoms with van der Waals surface area (Å²) >= 11 is 0. The lowest BCUT2D eigenvalue weighted by Crippen LogP contribution is -2.06. The van der Waals surface area contributed by atoms with Crippen LogP contribution in [0.3, 0.4) is 0 Å². The maximum atomic E-state index is 12.7. The number of alkyl halides is 3. The molecule has 3 rings (SSSR count). The summed E-state index contributed by atoms with van der Waals surface area (Å²) in [6, 6.07) is 8.57. The number of benzene rings is 1. The fraction of sp³-hybridized carbons (Fsp3) is 0.143. The summed E-state index contributed by atoms with van der Waals surface area (Å²) in [7, 11) is 0. The second kappa shape index (κ2) is 4.76. The highest BCUT2D eigenvalue weighted by molar-refractivity contribution is 5.47. The molecule has 0 saturated carbocycles. The van der Waals surface area contributed by atoms with Gasteiger partial charge in [0.15, 0.2) is 5.65 Å². The summed E-state index contributed by atoms with van der Waals surface area (Å²) < 4.78 is 39.8. The molecule has 0 unspecified atom stereocenters. The number of hydrogen-bond donors (Lipinski definition) is 1. The minimum atomic E-state index is -4.35. The Morgan fingerprint density at radius 2 is 1.90 bits per heavy atom. The molecule has 7 heteroatoms. The number of rotatable bonds is 2. The number of hydrogen-bond acceptors (Lipinski definition) is 3. The van der Waals surface area contributed by atoms with Gasteiger partial charge in [-0.1, -0.05) is 18.2 Å². The van der Waals surface area contributed by atoms with Crippen molar-refractivity contribution < 1.29 is 13.2 Å². The van der Waals surface area contributed by atoms with Crippen molar-refractivity contribution in [1.29, 1.82) is 0 Å². The van der Waals surface area contributed by atoms with Crippen LogP contribution in [0.5, 0.6) is 0 Å². The summed E-state index contributed by atoms with van der Waals surface area (Å²) in [5, 5.41) is 7.96. The van der Waals surface area contributed by atoms with E-state index in [-0.39, 0.29) is 6.42 Å². The van der Waals surface area contributed by atoms with Crippen molar-refractivity contribution in [2.24, 2.45) is 0 Å². The highest BCUT2D eigenvalue weighted by Crippen LogP contribution is 2.29. The molecule has 0 fully saturated rings. The van der Waals surface area contributed by atoms with Gasteiger partial charge in [-0.2, -0.15) is 13.2 Å². The van der Waals surface area contributed by atoms with Crippen LogP contribution in [-0.4, -0.2) is 14.6 Å². The van der Waals surface area contributed by atoms with E-state index in [4.69, 9.17) is 5.73 Å². The third kappa shape index (κ3) is 2.67. The molecule has 0 bridgehead atoms. The molecule has 0 aliphatic rings. The van der Waals surface area contributed by atoms with Gasteiger partial charge in [-0.15, -0.1) is 10.2 Å². The number of pyridine rings is 1. The Balaban J connectivity index is 1.97. The van der Waals surface area contributed by atoms with E-state index in [0.717, 1.165) is 12.1 Å². The molecule has 0 amide bonds. The van der Waals surface area contributed by atoms with Gasteiger partial charge in [0.2, 0.25) is 0 Å². The molecule has 2 aromatic heterocycles. The molecular formula is C14H11F3N4. The van der Waals surface area contributed by atoms with Crippen LogP contribution in [0.4, 0.5) is 18.9 Å². The Morgan fingerprint density at radius 1 is 1.10 bits per heavy atom. The summed E-state index contributed by atoms with van der Waals surface area (Å²) in [4.78, 5) is 0. The van der Waals surface area contributed by atoms with Crippen LogP contribution >= 0.6 is 0 Å². The first-order valence-electron chi connectivity index (χ1n) is 6.19. The van der Waals surface area contributed by atoms with Gasteiger partial charge in [0.25, 0.3) is 0 Å². The first kappa shape index (κ1) is 13.4. The van der Waals surface area contributed by atoms with Gasteiger partial charge in [-0.25, -0.2) is 0 Å². The maximum Gasteiger partial charge on any atom is 0.416 e. The summed E-state index contributed by atoms with van der Waals surface area (Å²) in [6.45, 7) is 0. The molecule has 0 saturated heterocycles. The third-order valence-electron chi connectivity index (χ3n) is 3.11.